The topological polar surface area (TPSA) is 189 Å². The van der Waals surface area contributed by atoms with Crippen molar-refractivity contribution in [2.75, 3.05) is 13.2 Å². The largest absolute Gasteiger partial charge is 0.394 e. The van der Waals surface area contributed by atoms with Crippen molar-refractivity contribution in [1.29, 1.82) is 0 Å². The summed E-state index contributed by atoms with van der Waals surface area (Å²) in [5, 5.41) is 76.1. The summed E-state index contributed by atoms with van der Waals surface area (Å²) in [6.45, 7) is 3.49. The molecule has 1 amide bonds. The van der Waals surface area contributed by atoms with E-state index in [1.54, 1.807) is 0 Å². The van der Waals surface area contributed by atoms with Gasteiger partial charge in [0.25, 0.3) is 0 Å². The van der Waals surface area contributed by atoms with Crippen molar-refractivity contribution in [2.45, 2.75) is 364 Å². The third-order valence-corrected chi connectivity index (χ3v) is 15.4. The number of carbonyl (C=O) groups is 1. The van der Waals surface area contributed by atoms with Gasteiger partial charge in [0.05, 0.1) is 25.4 Å². The standard InChI is InChI=1S/C60H119NO10/c1-3-5-7-9-11-13-15-17-18-19-20-21-22-23-24-25-26-27-28-29-30-31-32-33-34-36-38-40-42-44-46-48-53(64)59(69)61-51(50-70-60-58(68)57(67)56(66)54(49-62)71-60)55(65)52(63)47-45-43-41-39-37-35-16-14-12-10-8-6-4-2/h51-58,60,62-68H,3-50H2,1-2H3,(H,61,69). The molecule has 0 bridgehead atoms. The van der Waals surface area contributed by atoms with Crippen LogP contribution in [0.4, 0.5) is 0 Å². The highest BCUT2D eigenvalue weighted by molar-refractivity contribution is 5.80. The highest BCUT2D eigenvalue weighted by Gasteiger charge is 2.44. The average molecular weight is 1010 g/mol. The predicted octanol–water partition coefficient (Wildman–Crippen LogP) is 13.4. The van der Waals surface area contributed by atoms with Gasteiger partial charge in [-0.3, -0.25) is 4.79 Å². The molecule has 1 aliphatic rings. The van der Waals surface area contributed by atoms with Crippen LogP contribution >= 0.6 is 0 Å². The van der Waals surface area contributed by atoms with Gasteiger partial charge in [0.2, 0.25) is 5.91 Å². The maximum atomic E-state index is 13.2. The smallest absolute Gasteiger partial charge is 0.249 e. The van der Waals surface area contributed by atoms with E-state index in [1.807, 2.05) is 0 Å². The minimum Gasteiger partial charge on any atom is -0.394 e. The maximum absolute atomic E-state index is 13.2. The number of rotatable bonds is 54. The molecular formula is C60H119NO10. The van der Waals surface area contributed by atoms with E-state index in [4.69, 9.17) is 9.47 Å². The van der Waals surface area contributed by atoms with Crippen LogP contribution in [0.15, 0.2) is 0 Å². The van der Waals surface area contributed by atoms with E-state index in [0.29, 0.717) is 19.3 Å². The molecule has 1 rings (SSSR count). The third kappa shape index (κ3) is 38.3. The Kier molecular flexibility index (Phi) is 47.9. The van der Waals surface area contributed by atoms with E-state index < -0.39 is 74.2 Å². The van der Waals surface area contributed by atoms with Gasteiger partial charge >= 0.3 is 0 Å². The molecule has 0 aliphatic carbocycles. The molecule has 9 unspecified atom stereocenters. The van der Waals surface area contributed by atoms with Crippen LogP contribution in [0.25, 0.3) is 0 Å². The van der Waals surface area contributed by atoms with Gasteiger partial charge in [-0.25, -0.2) is 0 Å². The lowest BCUT2D eigenvalue weighted by molar-refractivity contribution is -0.303. The molecule has 1 saturated heterocycles. The Morgan fingerprint density at radius 2 is 0.732 bits per heavy atom. The first-order chi connectivity index (χ1) is 34.7. The van der Waals surface area contributed by atoms with E-state index in [9.17, 15) is 40.5 Å². The minimum absolute atomic E-state index is 0.267. The van der Waals surface area contributed by atoms with E-state index in [0.717, 1.165) is 38.5 Å². The maximum Gasteiger partial charge on any atom is 0.249 e. The fourth-order valence-electron chi connectivity index (χ4n) is 10.4. The highest BCUT2D eigenvalue weighted by atomic mass is 16.7. The number of hydrogen-bond donors (Lipinski definition) is 8. The Balaban J connectivity index is 2.17. The summed E-state index contributed by atoms with van der Waals surface area (Å²) in [5.41, 5.74) is 0. The van der Waals surface area contributed by atoms with Crippen LogP contribution in [0.2, 0.25) is 0 Å². The number of carbonyl (C=O) groups excluding carboxylic acids is 1. The van der Waals surface area contributed by atoms with Gasteiger partial charge < -0.3 is 50.5 Å². The normalized spacial score (nSPS) is 20.0. The van der Waals surface area contributed by atoms with Crippen LogP contribution in [-0.2, 0) is 14.3 Å². The molecule has 9 atom stereocenters. The summed E-state index contributed by atoms with van der Waals surface area (Å²) in [6, 6.07) is -1.16. The molecule has 8 N–H and O–H groups in total. The Morgan fingerprint density at radius 1 is 0.437 bits per heavy atom. The summed E-state index contributed by atoms with van der Waals surface area (Å²) >= 11 is 0. The van der Waals surface area contributed by atoms with Crippen LogP contribution in [0.1, 0.15) is 309 Å². The number of aliphatic hydroxyl groups is 7. The third-order valence-electron chi connectivity index (χ3n) is 15.4. The van der Waals surface area contributed by atoms with Crippen molar-refractivity contribution in [3.8, 4) is 0 Å². The van der Waals surface area contributed by atoms with Gasteiger partial charge in [-0.05, 0) is 12.8 Å². The number of hydrogen-bond acceptors (Lipinski definition) is 10. The van der Waals surface area contributed by atoms with Gasteiger partial charge in [-0.15, -0.1) is 0 Å². The van der Waals surface area contributed by atoms with E-state index in [2.05, 4.69) is 19.2 Å². The molecule has 1 heterocycles. The molecular weight excluding hydrogens is 895 g/mol. The van der Waals surface area contributed by atoms with Crippen molar-refractivity contribution in [2.24, 2.45) is 0 Å². The van der Waals surface area contributed by atoms with Crippen LogP contribution in [0, 0.1) is 0 Å². The van der Waals surface area contributed by atoms with E-state index in [-0.39, 0.29) is 6.42 Å². The zero-order valence-electron chi connectivity index (χ0n) is 46.5. The van der Waals surface area contributed by atoms with Crippen molar-refractivity contribution < 1.29 is 50.0 Å². The van der Waals surface area contributed by atoms with Gasteiger partial charge in [0.15, 0.2) is 6.29 Å². The first-order valence-electron chi connectivity index (χ1n) is 30.9. The fourth-order valence-corrected chi connectivity index (χ4v) is 10.4. The molecule has 0 spiro atoms. The number of nitrogens with one attached hydrogen (secondary N) is 1. The Bertz CT molecular complexity index is 1120. The summed E-state index contributed by atoms with van der Waals surface area (Å²) in [5.74, 6) is -0.690. The quantitative estimate of drug-likeness (QED) is 0.0272. The van der Waals surface area contributed by atoms with Crippen LogP contribution in [0.5, 0.6) is 0 Å². The Hall–Kier alpha value is -0.890. The molecule has 1 fully saturated rings. The predicted molar refractivity (Wildman–Crippen MR) is 293 cm³/mol. The lowest BCUT2D eigenvalue weighted by Crippen LogP contribution is -2.60. The van der Waals surface area contributed by atoms with Crippen molar-refractivity contribution >= 4 is 5.91 Å². The second-order valence-electron chi connectivity index (χ2n) is 22.1. The molecule has 11 heteroatoms. The average Bonchev–Trinajstić information content (AvgIpc) is 3.37. The molecule has 71 heavy (non-hydrogen) atoms. The lowest BCUT2D eigenvalue weighted by Gasteiger charge is -2.40. The minimum atomic E-state index is -1.66. The molecule has 0 saturated carbocycles. The van der Waals surface area contributed by atoms with Crippen LogP contribution < -0.4 is 5.32 Å². The SMILES string of the molecule is CCCCCCCCCCCCCCCCCCCCCCCCCCCCCCCCCC(O)C(=O)NC(COC1OC(CO)C(O)C(O)C1O)C(O)C(O)CCCCCCCCCCCCCCC. The first-order valence-corrected chi connectivity index (χ1v) is 30.9. The monoisotopic (exact) mass is 1010 g/mol. The van der Waals surface area contributed by atoms with E-state index >= 15 is 0 Å². The zero-order chi connectivity index (χ0) is 51.8. The molecule has 0 aromatic rings. The molecule has 0 aromatic heterocycles. The van der Waals surface area contributed by atoms with Crippen LogP contribution in [0.3, 0.4) is 0 Å². The molecule has 0 aromatic carbocycles. The van der Waals surface area contributed by atoms with Gasteiger partial charge in [0.1, 0.15) is 36.6 Å². The molecule has 0 radical (unpaired) electrons. The molecule has 1 aliphatic heterocycles. The van der Waals surface area contributed by atoms with Gasteiger partial charge in [-0.1, -0.05) is 296 Å². The second kappa shape index (κ2) is 50.0. The molecule has 11 nitrogen and oxygen atoms in total. The first kappa shape index (κ1) is 68.1. The summed E-state index contributed by atoms with van der Waals surface area (Å²) in [6.07, 6.45) is 46.1. The van der Waals surface area contributed by atoms with Crippen molar-refractivity contribution in [3.05, 3.63) is 0 Å². The number of ether oxygens (including phenoxy) is 2. The van der Waals surface area contributed by atoms with Crippen molar-refractivity contribution in [3.63, 3.8) is 0 Å². The second-order valence-corrected chi connectivity index (χ2v) is 22.1. The van der Waals surface area contributed by atoms with Gasteiger partial charge in [0, 0.05) is 0 Å². The number of amides is 1. The summed E-state index contributed by atoms with van der Waals surface area (Å²) in [4.78, 5) is 13.2. The fraction of sp³-hybridized carbons (Fsp3) is 0.983. The Labute approximate surface area is 437 Å². The number of unbranched alkanes of at least 4 members (excludes halogenated alkanes) is 42. The zero-order valence-corrected chi connectivity index (χ0v) is 46.5. The Morgan fingerprint density at radius 3 is 1.04 bits per heavy atom. The van der Waals surface area contributed by atoms with Gasteiger partial charge in [-0.2, -0.15) is 0 Å². The highest BCUT2D eigenvalue weighted by Crippen LogP contribution is 2.24. The lowest BCUT2D eigenvalue weighted by atomic mass is 9.98. The number of aliphatic hydroxyl groups excluding tert-OH is 7. The van der Waals surface area contributed by atoms with E-state index in [1.165, 1.54) is 231 Å². The molecule has 424 valence electrons. The summed E-state index contributed by atoms with van der Waals surface area (Å²) < 4.78 is 11.1. The van der Waals surface area contributed by atoms with Crippen molar-refractivity contribution in [1.82, 2.24) is 5.32 Å². The van der Waals surface area contributed by atoms with Crippen LogP contribution in [-0.4, -0.2) is 110 Å². The summed E-state index contributed by atoms with van der Waals surface area (Å²) in [7, 11) is 0.